The summed E-state index contributed by atoms with van der Waals surface area (Å²) in [6, 6.07) is 21.3. The van der Waals surface area contributed by atoms with Gasteiger partial charge >= 0.3 is 6.18 Å². The average molecular weight is 513 g/mol. The molecule has 0 bridgehead atoms. The van der Waals surface area contributed by atoms with E-state index in [1.807, 2.05) is 53.4 Å². The van der Waals surface area contributed by atoms with Crippen molar-refractivity contribution in [2.45, 2.75) is 6.18 Å². The third-order valence-corrected chi connectivity index (χ3v) is 6.28. The largest absolute Gasteiger partial charge is 0.416 e. The van der Waals surface area contributed by atoms with Gasteiger partial charge in [-0.2, -0.15) is 13.2 Å². The Labute approximate surface area is 197 Å². The molecule has 168 valence electrons. The lowest BCUT2D eigenvalue weighted by molar-refractivity contribution is -0.137. The number of anilines is 2. The van der Waals surface area contributed by atoms with E-state index < -0.39 is 11.7 Å². The predicted octanol–water partition coefficient (Wildman–Crippen LogP) is 6.40. The number of rotatable bonds is 3. The van der Waals surface area contributed by atoms with Crippen LogP contribution in [0.4, 0.5) is 24.7 Å². The monoisotopic (exact) mass is 512 g/mol. The first kappa shape index (κ1) is 21.7. The Morgan fingerprint density at radius 1 is 0.758 bits per heavy atom. The molecule has 1 fully saturated rings. The highest BCUT2D eigenvalue weighted by molar-refractivity contribution is 9.10. The Kier molecular flexibility index (Phi) is 5.70. The quantitative estimate of drug-likeness (QED) is 0.317. The normalized spacial score (nSPS) is 14.7. The SMILES string of the molecule is FC(F)(F)c1cccc(N2CCN(c3nc(-c4cccc(Br)c4)nc4ccccc34)CC2)c1. The maximum absolute atomic E-state index is 13.1. The fourth-order valence-corrected chi connectivity index (χ4v) is 4.51. The van der Waals surface area contributed by atoms with E-state index in [0.717, 1.165) is 32.8 Å². The lowest BCUT2D eigenvalue weighted by Crippen LogP contribution is -2.47. The Bertz CT molecular complexity index is 1300. The summed E-state index contributed by atoms with van der Waals surface area (Å²) in [6.07, 6.45) is -4.35. The van der Waals surface area contributed by atoms with Gasteiger partial charge in [-0.25, -0.2) is 9.97 Å². The molecule has 1 aromatic heterocycles. The van der Waals surface area contributed by atoms with Gasteiger partial charge in [0.25, 0.3) is 0 Å². The topological polar surface area (TPSA) is 32.3 Å². The number of hydrogen-bond donors (Lipinski definition) is 0. The number of halogens is 4. The van der Waals surface area contributed by atoms with Gasteiger partial charge < -0.3 is 9.80 Å². The van der Waals surface area contributed by atoms with Crippen LogP contribution in [0.2, 0.25) is 0 Å². The van der Waals surface area contributed by atoms with Gasteiger partial charge in [0.15, 0.2) is 5.82 Å². The van der Waals surface area contributed by atoms with Crippen molar-refractivity contribution in [3.05, 3.63) is 82.8 Å². The van der Waals surface area contributed by atoms with E-state index >= 15 is 0 Å². The van der Waals surface area contributed by atoms with Gasteiger partial charge in [0, 0.05) is 47.3 Å². The molecule has 2 heterocycles. The molecule has 1 aliphatic heterocycles. The fourth-order valence-electron chi connectivity index (χ4n) is 4.11. The molecule has 0 saturated carbocycles. The molecule has 0 atom stereocenters. The number of benzene rings is 3. The van der Waals surface area contributed by atoms with Crippen LogP contribution in [0.5, 0.6) is 0 Å². The number of aromatic nitrogens is 2. The van der Waals surface area contributed by atoms with Crippen LogP contribution in [0.3, 0.4) is 0 Å². The van der Waals surface area contributed by atoms with E-state index in [9.17, 15) is 13.2 Å². The third kappa shape index (κ3) is 4.53. The molecule has 4 nitrogen and oxygen atoms in total. The van der Waals surface area contributed by atoms with E-state index in [2.05, 4.69) is 20.8 Å². The van der Waals surface area contributed by atoms with Crippen LogP contribution in [0.1, 0.15) is 5.56 Å². The molecular formula is C25H20BrF3N4. The van der Waals surface area contributed by atoms with Gasteiger partial charge in [-0.1, -0.05) is 46.3 Å². The Hall–Kier alpha value is -3.13. The number of piperazine rings is 1. The van der Waals surface area contributed by atoms with E-state index in [1.54, 1.807) is 6.07 Å². The van der Waals surface area contributed by atoms with Crippen LogP contribution < -0.4 is 9.80 Å². The first-order valence-electron chi connectivity index (χ1n) is 10.6. The minimum atomic E-state index is -4.35. The summed E-state index contributed by atoms with van der Waals surface area (Å²) in [7, 11) is 0. The van der Waals surface area contributed by atoms with Crippen LogP contribution in [-0.2, 0) is 6.18 Å². The molecular weight excluding hydrogens is 493 g/mol. The zero-order valence-corrected chi connectivity index (χ0v) is 19.1. The molecule has 33 heavy (non-hydrogen) atoms. The second kappa shape index (κ2) is 8.67. The average Bonchev–Trinajstić information content (AvgIpc) is 2.83. The second-order valence-electron chi connectivity index (χ2n) is 7.92. The lowest BCUT2D eigenvalue weighted by atomic mass is 10.1. The number of nitrogens with zero attached hydrogens (tertiary/aromatic N) is 4. The molecule has 0 aliphatic carbocycles. The predicted molar refractivity (Wildman–Crippen MR) is 129 cm³/mol. The highest BCUT2D eigenvalue weighted by Gasteiger charge is 2.31. The second-order valence-corrected chi connectivity index (χ2v) is 8.84. The van der Waals surface area contributed by atoms with Crippen molar-refractivity contribution < 1.29 is 13.2 Å². The van der Waals surface area contributed by atoms with Gasteiger partial charge in [0.1, 0.15) is 5.82 Å². The van der Waals surface area contributed by atoms with Crippen LogP contribution in [0.15, 0.2) is 77.3 Å². The molecule has 1 aliphatic rings. The highest BCUT2D eigenvalue weighted by Crippen LogP contribution is 2.33. The molecule has 0 radical (unpaired) electrons. The summed E-state index contributed by atoms with van der Waals surface area (Å²) in [6.45, 7) is 2.50. The van der Waals surface area contributed by atoms with E-state index in [-0.39, 0.29) is 0 Å². The highest BCUT2D eigenvalue weighted by atomic mass is 79.9. The molecule has 0 N–H and O–H groups in total. The number of para-hydroxylation sites is 1. The molecule has 8 heteroatoms. The summed E-state index contributed by atoms with van der Waals surface area (Å²) in [5.74, 6) is 1.49. The van der Waals surface area contributed by atoms with Gasteiger partial charge in [-0.3, -0.25) is 0 Å². The lowest BCUT2D eigenvalue weighted by Gasteiger charge is -2.37. The van der Waals surface area contributed by atoms with Crippen molar-refractivity contribution in [2.75, 3.05) is 36.0 Å². The minimum Gasteiger partial charge on any atom is -0.368 e. The van der Waals surface area contributed by atoms with Gasteiger partial charge in [-0.15, -0.1) is 0 Å². The zero-order chi connectivity index (χ0) is 23.0. The smallest absolute Gasteiger partial charge is 0.368 e. The maximum atomic E-state index is 13.1. The molecule has 0 amide bonds. The Morgan fingerprint density at radius 3 is 2.24 bits per heavy atom. The number of fused-ring (bicyclic) bond motifs is 1. The molecule has 1 saturated heterocycles. The van der Waals surface area contributed by atoms with E-state index in [4.69, 9.17) is 9.97 Å². The van der Waals surface area contributed by atoms with Crippen molar-refractivity contribution in [2.24, 2.45) is 0 Å². The van der Waals surface area contributed by atoms with Crippen molar-refractivity contribution >= 4 is 38.3 Å². The van der Waals surface area contributed by atoms with Crippen LogP contribution in [0, 0.1) is 0 Å². The Morgan fingerprint density at radius 2 is 1.48 bits per heavy atom. The Balaban J connectivity index is 1.44. The van der Waals surface area contributed by atoms with Crippen LogP contribution >= 0.6 is 15.9 Å². The van der Waals surface area contributed by atoms with Crippen molar-refractivity contribution in [1.82, 2.24) is 9.97 Å². The van der Waals surface area contributed by atoms with Crippen LogP contribution in [-0.4, -0.2) is 36.1 Å². The summed E-state index contributed by atoms with van der Waals surface area (Å²) in [4.78, 5) is 13.8. The van der Waals surface area contributed by atoms with Gasteiger partial charge in [-0.05, 0) is 42.5 Å². The van der Waals surface area contributed by atoms with Gasteiger partial charge in [0.05, 0.1) is 11.1 Å². The number of alkyl halides is 3. The molecule has 0 unspecified atom stereocenters. The maximum Gasteiger partial charge on any atom is 0.416 e. The van der Waals surface area contributed by atoms with Gasteiger partial charge in [0.2, 0.25) is 0 Å². The molecule has 3 aromatic carbocycles. The van der Waals surface area contributed by atoms with E-state index in [1.165, 1.54) is 12.1 Å². The molecule has 0 spiro atoms. The molecule has 5 rings (SSSR count). The minimum absolute atomic E-state index is 0.590. The first-order chi connectivity index (χ1) is 15.9. The zero-order valence-electron chi connectivity index (χ0n) is 17.6. The summed E-state index contributed by atoms with van der Waals surface area (Å²) in [5.41, 5.74) is 1.74. The van der Waals surface area contributed by atoms with Crippen molar-refractivity contribution in [3.63, 3.8) is 0 Å². The standard InChI is InChI=1S/C25H20BrF3N4/c26-19-7-3-5-17(15-19)23-30-22-10-2-1-9-21(22)24(31-23)33-13-11-32(12-14-33)20-8-4-6-18(16-20)25(27,28)29/h1-10,15-16H,11-14H2. The summed E-state index contributed by atoms with van der Waals surface area (Å²) in [5, 5.41) is 0.962. The summed E-state index contributed by atoms with van der Waals surface area (Å²) < 4.78 is 40.3. The van der Waals surface area contributed by atoms with E-state index in [0.29, 0.717) is 37.7 Å². The van der Waals surface area contributed by atoms with Crippen molar-refractivity contribution in [1.29, 1.82) is 0 Å². The molecule has 4 aromatic rings. The summed E-state index contributed by atoms with van der Waals surface area (Å²) >= 11 is 3.51. The number of hydrogen-bond acceptors (Lipinski definition) is 4. The third-order valence-electron chi connectivity index (χ3n) is 5.78. The van der Waals surface area contributed by atoms with Crippen LogP contribution in [0.25, 0.3) is 22.3 Å². The first-order valence-corrected chi connectivity index (χ1v) is 11.4. The fraction of sp³-hybridized carbons (Fsp3) is 0.200. The van der Waals surface area contributed by atoms with Crippen molar-refractivity contribution in [3.8, 4) is 11.4 Å².